The van der Waals surface area contributed by atoms with E-state index in [1.807, 2.05) is 0 Å². The third kappa shape index (κ3) is 2.88. The maximum absolute atomic E-state index is 3.50. The second kappa shape index (κ2) is 4.79. The molecular weight excluding hydrogens is 208 g/mol. The quantitative estimate of drug-likeness (QED) is 0.857. The first kappa shape index (κ1) is 11.2. The fourth-order valence-corrected chi connectivity index (χ4v) is 2.78. The molecule has 1 aromatic rings. The predicted octanol–water partition coefficient (Wildman–Crippen LogP) is 2.36. The van der Waals surface area contributed by atoms with Crippen molar-refractivity contribution in [2.24, 2.45) is 0 Å². The fourth-order valence-electron chi connectivity index (χ4n) is 2.78. The van der Waals surface area contributed by atoms with Crippen LogP contribution in [-0.2, 0) is 6.54 Å². The molecule has 2 nitrogen and oxygen atoms in total. The van der Waals surface area contributed by atoms with Crippen molar-refractivity contribution in [2.75, 3.05) is 19.6 Å². The Balaban J connectivity index is 1.65. The van der Waals surface area contributed by atoms with Gasteiger partial charge in [-0.15, -0.1) is 0 Å². The van der Waals surface area contributed by atoms with E-state index in [4.69, 9.17) is 0 Å². The summed E-state index contributed by atoms with van der Waals surface area (Å²) in [4.78, 5) is 2.56. The van der Waals surface area contributed by atoms with Gasteiger partial charge in [-0.05, 0) is 36.8 Å². The molecule has 3 rings (SSSR count). The van der Waals surface area contributed by atoms with Gasteiger partial charge in [0.05, 0.1) is 0 Å². The molecule has 0 aromatic heterocycles. The monoisotopic (exact) mass is 230 g/mol. The molecule has 1 atom stereocenters. The van der Waals surface area contributed by atoms with Crippen LogP contribution in [0.3, 0.4) is 0 Å². The Morgan fingerprint density at radius 1 is 1.35 bits per heavy atom. The highest BCUT2D eigenvalue weighted by atomic mass is 15.2. The second-order valence-electron chi connectivity index (χ2n) is 5.61. The molecule has 1 aliphatic carbocycles. The van der Waals surface area contributed by atoms with E-state index in [0.29, 0.717) is 6.04 Å². The highest BCUT2D eigenvalue weighted by Crippen LogP contribution is 2.40. The van der Waals surface area contributed by atoms with Gasteiger partial charge in [-0.2, -0.15) is 0 Å². The van der Waals surface area contributed by atoms with E-state index < -0.39 is 0 Å². The average Bonchev–Trinajstić information content (AvgIpc) is 3.13. The first-order valence-electron chi connectivity index (χ1n) is 6.86. The van der Waals surface area contributed by atoms with Gasteiger partial charge < -0.3 is 5.32 Å². The average molecular weight is 230 g/mol. The highest BCUT2D eigenvalue weighted by molar-refractivity contribution is 5.29. The minimum atomic E-state index is 0.635. The maximum atomic E-state index is 3.50. The van der Waals surface area contributed by atoms with Crippen molar-refractivity contribution in [2.45, 2.75) is 38.3 Å². The van der Waals surface area contributed by atoms with Crippen LogP contribution in [0.5, 0.6) is 0 Å². The van der Waals surface area contributed by atoms with Gasteiger partial charge in [0.2, 0.25) is 0 Å². The topological polar surface area (TPSA) is 15.3 Å². The first-order chi connectivity index (χ1) is 8.31. The molecule has 0 bridgehead atoms. The third-order valence-electron chi connectivity index (χ3n) is 3.86. The Bertz CT molecular complexity index is 384. The molecule has 1 unspecified atom stereocenters. The van der Waals surface area contributed by atoms with E-state index in [-0.39, 0.29) is 0 Å². The summed E-state index contributed by atoms with van der Waals surface area (Å²) in [5.41, 5.74) is 3.05. The fraction of sp³-hybridized carbons (Fsp3) is 0.600. The van der Waals surface area contributed by atoms with Crippen LogP contribution in [-0.4, -0.2) is 30.6 Å². The van der Waals surface area contributed by atoms with Crippen molar-refractivity contribution in [3.05, 3.63) is 35.4 Å². The molecule has 0 spiro atoms. The number of piperazine rings is 1. The minimum Gasteiger partial charge on any atom is -0.312 e. The van der Waals surface area contributed by atoms with Gasteiger partial charge >= 0.3 is 0 Å². The Morgan fingerprint density at radius 2 is 2.24 bits per heavy atom. The SMILES string of the molecule is CC1CN(Cc2cccc(C3CC3)c2)CCN1. The lowest BCUT2D eigenvalue weighted by Crippen LogP contribution is -2.48. The van der Waals surface area contributed by atoms with E-state index in [0.717, 1.165) is 19.0 Å². The predicted molar refractivity (Wildman–Crippen MR) is 71.2 cm³/mol. The lowest BCUT2D eigenvalue weighted by atomic mass is 10.1. The Labute approximate surface area is 104 Å². The number of benzene rings is 1. The van der Waals surface area contributed by atoms with E-state index in [1.54, 1.807) is 5.56 Å². The number of hydrogen-bond acceptors (Lipinski definition) is 2. The second-order valence-corrected chi connectivity index (χ2v) is 5.61. The van der Waals surface area contributed by atoms with Gasteiger partial charge in [0.1, 0.15) is 0 Å². The molecule has 0 radical (unpaired) electrons. The summed E-state index contributed by atoms with van der Waals surface area (Å²) in [7, 11) is 0. The van der Waals surface area contributed by atoms with Crippen LogP contribution in [0.2, 0.25) is 0 Å². The van der Waals surface area contributed by atoms with Crippen molar-refractivity contribution >= 4 is 0 Å². The normalized spacial score (nSPS) is 26.1. The van der Waals surface area contributed by atoms with Gasteiger partial charge in [-0.3, -0.25) is 4.90 Å². The van der Waals surface area contributed by atoms with Crippen LogP contribution in [0.1, 0.15) is 36.8 Å². The Morgan fingerprint density at radius 3 is 3.00 bits per heavy atom. The van der Waals surface area contributed by atoms with Crippen LogP contribution in [0.25, 0.3) is 0 Å². The number of nitrogens with one attached hydrogen (secondary N) is 1. The molecule has 1 saturated heterocycles. The summed E-state index contributed by atoms with van der Waals surface area (Å²) in [5.74, 6) is 0.872. The molecule has 2 aliphatic rings. The van der Waals surface area contributed by atoms with Gasteiger partial charge in [0, 0.05) is 32.2 Å². The van der Waals surface area contributed by atoms with E-state index in [1.165, 1.54) is 31.5 Å². The molecule has 0 amide bonds. The smallest absolute Gasteiger partial charge is 0.0235 e. The summed E-state index contributed by atoms with van der Waals surface area (Å²) < 4.78 is 0. The molecule has 2 heteroatoms. The Kier molecular flexibility index (Phi) is 3.17. The standard InChI is InChI=1S/C15H22N2/c1-12-10-17(8-7-16-12)11-13-3-2-4-15(9-13)14-5-6-14/h2-4,9,12,14,16H,5-8,10-11H2,1H3. The largest absolute Gasteiger partial charge is 0.312 e. The van der Waals surface area contributed by atoms with Crippen LogP contribution in [0.15, 0.2) is 24.3 Å². The summed E-state index contributed by atoms with van der Waals surface area (Å²) in [6.45, 7) is 6.87. The molecule has 1 N–H and O–H groups in total. The lowest BCUT2D eigenvalue weighted by molar-refractivity contribution is 0.199. The van der Waals surface area contributed by atoms with Crippen molar-refractivity contribution < 1.29 is 0 Å². The summed E-state index contributed by atoms with van der Waals surface area (Å²) in [6, 6.07) is 9.86. The van der Waals surface area contributed by atoms with E-state index in [9.17, 15) is 0 Å². The number of hydrogen-bond donors (Lipinski definition) is 1. The van der Waals surface area contributed by atoms with Crippen LogP contribution in [0.4, 0.5) is 0 Å². The molecule has 17 heavy (non-hydrogen) atoms. The van der Waals surface area contributed by atoms with Gasteiger partial charge in [-0.1, -0.05) is 24.3 Å². The molecule has 1 saturated carbocycles. The lowest BCUT2D eigenvalue weighted by Gasteiger charge is -2.31. The first-order valence-corrected chi connectivity index (χ1v) is 6.86. The zero-order valence-electron chi connectivity index (χ0n) is 10.7. The van der Waals surface area contributed by atoms with Gasteiger partial charge in [0.25, 0.3) is 0 Å². The van der Waals surface area contributed by atoms with Crippen molar-refractivity contribution in [1.82, 2.24) is 10.2 Å². The molecule has 1 heterocycles. The van der Waals surface area contributed by atoms with E-state index >= 15 is 0 Å². The van der Waals surface area contributed by atoms with Crippen molar-refractivity contribution in [3.8, 4) is 0 Å². The third-order valence-corrected chi connectivity index (χ3v) is 3.86. The van der Waals surface area contributed by atoms with Gasteiger partial charge in [0.15, 0.2) is 0 Å². The minimum absolute atomic E-state index is 0.635. The zero-order chi connectivity index (χ0) is 11.7. The van der Waals surface area contributed by atoms with Crippen LogP contribution >= 0.6 is 0 Å². The summed E-state index contributed by atoms with van der Waals surface area (Å²) >= 11 is 0. The van der Waals surface area contributed by atoms with Crippen molar-refractivity contribution in [3.63, 3.8) is 0 Å². The van der Waals surface area contributed by atoms with Gasteiger partial charge in [-0.25, -0.2) is 0 Å². The summed E-state index contributed by atoms with van der Waals surface area (Å²) in [6.07, 6.45) is 2.79. The van der Waals surface area contributed by atoms with E-state index in [2.05, 4.69) is 41.4 Å². The molecule has 1 aliphatic heterocycles. The number of nitrogens with zero attached hydrogens (tertiary/aromatic N) is 1. The van der Waals surface area contributed by atoms with Crippen molar-refractivity contribution in [1.29, 1.82) is 0 Å². The Hall–Kier alpha value is -0.860. The highest BCUT2D eigenvalue weighted by Gasteiger charge is 2.23. The molecule has 2 fully saturated rings. The summed E-state index contributed by atoms with van der Waals surface area (Å²) in [5, 5.41) is 3.50. The molecular formula is C15H22N2. The zero-order valence-corrected chi connectivity index (χ0v) is 10.7. The number of rotatable bonds is 3. The van der Waals surface area contributed by atoms with Crippen LogP contribution < -0.4 is 5.32 Å². The van der Waals surface area contributed by atoms with Crippen LogP contribution in [0, 0.1) is 0 Å². The maximum Gasteiger partial charge on any atom is 0.0235 e. The molecule has 1 aromatic carbocycles. The molecule has 92 valence electrons.